The molecule has 0 saturated carbocycles. The largest absolute Gasteiger partial charge is 0.381 e. The Labute approximate surface area is 120 Å². The maximum absolute atomic E-state index is 5.65. The highest BCUT2D eigenvalue weighted by Crippen LogP contribution is 2.10. The van der Waals surface area contributed by atoms with E-state index in [1.165, 1.54) is 58.3 Å². The summed E-state index contributed by atoms with van der Waals surface area (Å²) >= 11 is 0. The summed E-state index contributed by atoms with van der Waals surface area (Å²) in [4.78, 5) is 2.62. The lowest BCUT2D eigenvalue weighted by Crippen LogP contribution is -2.39. The zero-order valence-electron chi connectivity index (χ0n) is 13.3. The fourth-order valence-corrected chi connectivity index (χ4v) is 2.75. The average Bonchev–Trinajstić information content (AvgIpc) is 2.58. The van der Waals surface area contributed by atoms with Gasteiger partial charge < -0.3 is 15.0 Å². The monoisotopic (exact) mass is 270 g/mol. The molecule has 0 amide bonds. The molecule has 19 heavy (non-hydrogen) atoms. The van der Waals surface area contributed by atoms with Gasteiger partial charge >= 0.3 is 0 Å². The van der Waals surface area contributed by atoms with Crippen molar-refractivity contribution < 1.29 is 4.74 Å². The van der Waals surface area contributed by atoms with Crippen LogP contribution in [0.3, 0.4) is 0 Å². The third-order valence-corrected chi connectivity index (χ3v) is 3.72. The number of hydrogen-bond donors (Lipinski definition) is 1. The van der Waals surface area contributed by atoms with Gasteiger partial charge in [0.15, 0.2) is 0 Å². The Morgan fingerprint density at radius 1 is 1.26 bits per heavy atom. The molecule has 1 N–H and O–H groups in total. The van der Waals surface area contributed by atoms with Crippen molar-refractivity contribution in [3.05, 3.63) is 0 Å². The molecular formula is C16H34N2O. The van der Waals surface area contributed by atoms with Crippen molar-refractivity contribution in [3.63, 3.8) is 0 Å². The van der Waals surface area contributed by atoms with Gasteiger partial charge in [-0.25, -0.2) is 0 Å². The highest BCUT2D eigenvalue weighted by atomic mass is 16.5. The van der Waals surface area contributed by atoms with Crippen LogP contribution >= 0.6 is 0 Å². The first-order valence-electron chi connectivity index (χ1n) is 8.25. The van der Waals surface area contributed by atoms with E-state index in [9.17, 15) is 0 Å². The van der Waals surface area contributed by atoms with Crippen LogP contribution in [0.15, 0.2) is 0 Å². The second-order valence-corrected chi connectivity index (χ2v) is 6.25. The van der Waals surface area contributed by atoms with Gasteiger partial charge in [-0.05, 0) is 44.7 Å². The average molecular weight is 270 g/mol. The Hall–Kier alpha value is -0.120. The van der Waals surface area contributed by atoms with E-state index >= 15 is 0 Å². The van der Waals surface area contributed by atoms with Crippen molar-refractivity contribution >= 4 is 0 Å². The summed E-state index contributed by atoms with van der Waals surface area (Å²) < 4.78 is 5.65. The number of rotatable bonds is 9. The van der Waals surface area contributed by atoms with Crippen LogP contribution in [0.4, 0.5) is 0 Å². The molecule has 0 aromatic rings. The topological polar surface area (TPSA) is 24.5 Å². The molecule has 1 atom stereocenters. The number of ether oxygens (including phenoxy) is 1. The van der Waals surface area contributed by atoms with E-state index in [0.29, 0.717) is 6.04 Å². The van der Waals surface area contributed by atoms with Crippen molar-refractivity contribution in [3.8, 4) is 0 Å². The van der Waals surface area contributed by atoms with Crippen LogP contribution in [0.5, 0.6) is 0 Å². The molecule has 1 unspecified atom stereocenters. The lowest BCUT2D eigenvalue weighted by molar-refractivity contribution is 0.117. The number of unbranched alkanes of at least 4 members (excludes halogenated alkanes) is 1. The quantitative estimate of drug-likeness (QED) is 0.652. The summed E-state index contributed by atoms with van der Waals surface area (Å²) in [5.74, 6) is 0.787. The second-order valence-electron chi connectivity index (χ2n) is 6.25. The number of hydrogen-bond acceptors (Lipinski definition) is 3. The van der Waals surface area contributed by atoms with Gasteiger partial charge in [0.25, 0.3) is 0 Å². The smallest absolute Gasteiger partial charge is 0.0478 e. The SMILES string of the molecule is CCCCOCCCN1CCCNC(CC(C)C)C1. The molecule has 0 spiro atoms. The van der Waals surface area contributed by atoms with E-state index in [1.807, 2.05) is 0 Å². The first-order valence-corrected chi connectivity index (χ1v) is 8.25. The third-order valence-electron chi connectivity index (χ3n) is 3.72. The minimum atomic E-state index is 0.684. The summed E-state index contributed by atoms with van der Waals surface area (Å²) in [5, 5.41) is 3.69. The normalized spacial score (nSPS) is 21.8. The number of nitrogens with zero attached hydrogens (tertiary/aromatic N) is 1. The van der Waals surface area contributed by atoms with Crippen LogP contribution in [-0.4, -0.2) is 50.3 Å². The predicted octanol–water partition coefficient (Wildman–Crippen LogP) is 2.90. The van der Waals surface area contributed by atoms with Gasteiger partial charge in [0.1, 0.15) is 0 Å². The van der Waals surface area contributed by atoms with Gasteiger partial charge in [-0.2, -0.15) is 0 Å². The Morgan fingerprint density at radius 3 is 2.79 bits per heavy atom. The highest BCUT2D eigenvalue weighted by molar-refractivity contribution is 4.77. The zero-order chi connectivity index (χ0) is 13.9. The van der Waals surface area contributed by atoms with Crippen molar-refractivity contribution in [2.75, 3.05) is 39.4 Å². The summed E-state index contributed by atoms with van der Waals surface area (Å²) in [5.41, 5.74) is 0. The van der Waals surface area contributed by atoms with Crippen LogP contribution in [0.25, 0.3) is 0 Å². The second kappa shape index (κ2) is 10.6. The molecule has 0 bridgehead atoms. The molecule has 0 aliphatic carbocycles. The van der Waals surface area contributed by atoms with E-state index in [1.54, 1.807) is 0 Å². The van der Waals surface area contributed by atoms with Crippen LogP contribution < -0.4 is 5.32 Å². The summed E-state index contributed by atoms with van der Waals surface area (Å²) in [6, 6.07) is 0.684. The van der Waals surface area contributed by atoms with Gasteiger partial charge in [-0.1, -0.05) is 27.2 Å². The van der Waals surface area contributed by atoms with E-state index in [0.717, 1.165) is 19.1 Å². The van der Waals surface area contributed by atoms with E-state index in [4.69, 9.17) is 4.74 Å². The summed E-state index contributed by atoms with van der Waals surface area (Å²) in [7, 11) is 0. The molecule has 3 nitrogen and oxygen atoms in total. The maximum atomic E-state index is 5.65. The van der Waals surface area contributed by atoms with Gasteiger partial charge in [-0.3, -0.25) is 0 Å². The molecule has 1 heterocycles. The molecule has 114 valence electrons. The Morgan fingerprint density at radius 2 is 2.05 bits per heavy atom. The molecule has 3 heteroatoms. The molecule has 1 aliphatic heterocycles. The van der Waals surface area contributed by atoms with Crippen LogP contribution in [0, 0.1) is 5.92 Å². The fourth-order valence-electron chi connectivity index (χ4n) is 2.75. The standard InChI is InChI=1S/C16H34N2O/c1-4-5-11-19-12-7-10-18-9-6-8-17-16(14-18)13-15(2)3/h15-17H,4-14H2,1-3H3. The summed E-state index contributed by atoms with van der Waals surface area (Å²) in [6.45, 7) is 13.6. The summed E-state index contributed by atoms with van der Waals surface area (Å²) in [6.07, 6.45) is 6.19. The van der Waals surface area contributed by atoms with Gasteiger partial charge in [0.05, 0.1) is 0 Å². The zero-order valence-corrected chi connectivity index (χ0v) is 13.3. The van der Waals surface area contributed by atoms with E-state index in [2.05, 4.69) is 31.0 Å². The van der Waals surface area contributed by atoms with E-state index in [-0.39, 0.29) is 0 Å². The van der Waals surface area contributed by atoms with Crippen LogP contribution in [-0.2, 0) is 4.74 Å². The van der Waals surface area contributed by atoms with Crippen molar-refractivity contribution in [1.82, 2.24) is 10.2 Å². The molecular weight excluding hydrogens is 236 g/mol. The van der Waals surface area contributed by atoms with Crippen molar-refractivity contribution in [2.45, 2.75) is 58.9 Å². The maximum Gasteiger partial charge on any atom is 0.0478 e. The Bertz CT molecular complexity index is 209. The molecule has 0 aromatic carbocycles. The number of nitrogens with one attached hydrogen (secondary N) is 1. The minimum Gasteiger partial charge on any atom is -0.381 e. The van der Waals surface area contributed by atoms with Gasteiger partial charge in [-0.15, -0.1) is 0 Å². The molecule has 1 saturated heterocycles. The lowest BCUT2D eigenvalue weighted by atomic mass is 10.0. The van der Waals surface area contributed by atoms with Gasteiger partial charge in [0.2, 0.25) is 0 Å². The molecule has 1 rings (SSSR count). The van der Waals surface area contributed by atoms with E-state index < -0.39 is 0 Å². The molecule has 0 aromatic heterocycles. The minimum absolute atomic E-state index is 0.684. The molecule has 1 aliphatic rings. The van der Waals surface area contributed by atoms with Crippen molar-refractivity contribution in [2.24, 2.45) is 5.92 Å². The van der Waals surface area contributed by atoms with Crippen LogP contribution in [0.1, 0.15) is 52.9 Å². The lowest BCUT2D eigenvalue weighted by Gasteiger charge is -2.25. The molecule has 0 radical (unpaired) electrons. The van der Waals surface area contributed by atoms with Crippen molar-refractivity contribution in [1.29, 1.82) is 0 Å². The van der Waals surface area contributed by atoms with Crippen LogP contribution in [0.2, 0.25) is 0 Å². The highest BCUT2D eigenvalue weighted by Gasteiger charge is 2.17. The first kappa shape index (κ1) is 16.9. The molecule has 1 fully saturated rings. The van der Waals surface area contributed by atoms with Gasteiger partial charge in [0, 0.05) is 32.3 Å². The first-order chi connectivity index (χ1) is 9.22. The Kier molecular flexibility index (Phi) is 9.48. The predicted molar refractivity (Wildman–Crippen MR) is 82.6 cm³/mol. The fraction of sp³-hybridized carbons (Fsp3) is 1.00. The third kappa shape index (κ3) is 8.61. The Balaban J connectivity index is 2.13.